The van der Waals surface area contributed by atoms with Crippen LogP contribution in [0.1, 0.15) is 0 Å². The molecule has 0 aliphatic rings. The van der Waals surface area contributed by atoms with E-state index in [0.717, 1.165) is 33.6 Å². The van der Waals surface area contributed by atoms with Crippen molar-refractivity contribution in [3.8, 4) is 0 Å². The summed E-state index contributed by atoms with van der Waals surface area (Å²) >= 11 is 14.1. The average molecular weight is 417 g/mol. The Balaban J connectivity index is 1.33. The van der Waals surface area contributed by atoms with Crippen molar-refractivity contribution in [3.05, 3.63) is 48.5 Å². The highest BCUT2D eigenvalue weighted by Crippen LogP contribution is 2.18. The van der Waals surface area contributed by atoms with E-state index in [0.29, 0.717) is 8.64 Å². The highest BCUT2D eigenvalue weighted by atomic mass is 32.2. The molecule has 6 nitrogen and oxygen atoms in total. The molecule has 4 rings (SSSR count). The molecule has 0 spiro atoms. The van der Waals surface area contributed by atoms with Crippen LogP contribution in [0.4, 0.5) is 0 Å². The molecule has 2 aromatic heterocycles. The highest BCUT2D eigenvalue weighted by molar-refractivity contribution is 8.25. The summed E-state index contributed by atoms with van der Waals surface area (Å²) in [5.74, 6) is 1.62. The maximum Gasteiger partial charge on any atom is 0.163 e. The largest absolute Gasteiger partial charge is 0.195 e. The van der Waals surface area contributed by atoms with Gasteiger partial charge in [-0.25, -0.2) is 0 Å². The quantitative estimate of drug-likeness (QED) is 0.371. The van der Waals surface area contributed by atoms with Crippen molar-refractivity contribution >= 4 is 78.7 Å². The van der Waals surface area contributed by atoms with Crippen molar-refractivity contribution < 1.29 is 0 Å². The van der Waals surface area contributed by atoms with Crippen LogP contribution in [-0.2, 0) is 0 Å². The number of thioether (sulfide) groups is 2. The van der Waals surface area contributed by atoms with E-state index in [1.165, 1.54) is 0 Å². The summed E-state index contributed by atoms with van der Waals surface area (Å²) in [6.45, 7) is 0. The van der Waals surface area contributed by atoms with Crippen LogP contribution in [0.25, 0.3) is 22.1 Å². The van der Waals surface area contributed by atoms with Crippen LogP contribution in [0.2, 0.25) is 0 Å². The summed E-state index contributed by atoms with van der Waals surface area (Å²) in [4.78, 5) is 0. The van der Waals surface area contributed by atoms with E-state index >= 15 is 0 Å². The van der Waals surface area contributed by atoms with E-state index < -0.39 is 0 Å². The third-order valence-corrected chi connectivity index (χ3v) is 6.55. The van der Waals surface area contributed by atoms with Gasteiger partial charge in [-0.3, -0.25) is 0 Å². The second-order valence-corrected chi connectivity index (χ2v) is 8.67. The van der Waals surface area contributed by atoms with Crippen molar-refractivity contribution in [2.24, 2.45) is 0 Å². The monoisotopic (exact) mass is 416 g/mol. The van der Waals surface area contributed by atoms with Crippen LogP contribution in [0.3, 0.4) is 0 Å². The minimum absolute atomic E-state index is 0.677. The summed E-state index contributed by atoms with van der Waals surface area (Å²) in [6.07, 6.45) is 0. The molecule has 4 aromatic rings. The molecule has 0 unspecified atom stereocenters. The lowest BCUT2D eigenvalue weighted by Gasteiger charge is -2.05. The van der Waals surface area contributed by atoms with Gasteiger partial charge < -0.3 is 0 Å². The fourth-order valence-corrected chi connectivity index (χ4v) is 4.69. The van der Waals surface area contributed by atoms with E-state index in [2.05, 4.69) is 20.6 Å². The molecule has 0 saturated carbocycles. The van der Waals surface area contributed by atoms with Crippen molar-refractivity contribution in [2.75, 3.05) is 11.5 Å². The van der Waals surface area contributed by atoms with E-state index in [9.17, 15) is 0 Å². The Bertz CT molecular complexity index is 1010. The van der Waals surface area contributed by atoms with Crippen LogP contribution in [0.5, 0.6) is 0 Å². The van der Waals surface area contributed by atoms with Crippen molar-refractivity contribution in [2.45, 2.75) is 0 Å². The topological polar surface area (TPSA) is 61.4 Å². The van der Waals surface area contributed by atoms with Gasteiger partial charge in [-0.2, -0.15) is 9.36 Å². The number of thiocarbonyl (C=S) groups is 2. The Kier molecular flexibility index (Phi) is 5.25. The second kappa shape index (κ2) is 7.78. The zero-order valence-electron chi connectivity index (χ0n) is 13.3. The number of fused-ring (bicyclic) bond motifs is 2. The normalized spacial score (nSPS) is 11.2. The molecule has 0 saturated heterocycles. The SMILES string of the molecule is S=C(SCCSC(=S)n1nnc2ccccc21)n1nnc2ccccc21. The molecule has 0 amide bonds. The molecule has 0 radical (unpaired) electrons. The molecule has 130 valence electrons. The average Bonchev–Trinajstić information content (AvgIpc) is 3.29. The maximum atomic E-state index is 5.48. The minimum Gasteiger partial charge on any atom is -0.195 e. The molecule has 0 aliphatic carbocycles. The summed E-state index contributed by atoms with van der Waals surface area (Å²) in [7, 11) is 0. The van der Waals surface area contributed by atoms with Crippen molar-refractivity contribution in [1.29, 1.82) is 0 Å². The van der Waals surface area contributed by atoms with E-state index in [1.807, 2.05) is 48.5 Å². The van der Waals surface area contributed by atoms with Crippen molar-refractivity contribution in [3.63, 3.8) is 0 Å². The van der Waals surface area contributed by atoms with Crippen molar-refractivity contribution in [1.82, 2.24) is 30.0 Å². The van der Waals surface area contributed by atoms with E-state index in [-0.39, 0.29) is 0 Å². The summed E-state index contributed by atoms with van der Waals surface area (Å²) in [5.41, 5.74) is 3.51. The van der Waals surface area contributed by atoms with Gasteiger partial charge in [0.05, 0.1) is 11.0 Å². The van der Waals surface area contributed by atoms with Gasteiger partial charge in [0, 0.05) is 11.5 Å². The minimum atomic E-state index is 0.677. The first-order valence-electron chi connectivity index (χ1n) is 7.69. The lowest BCUT2D eigenvalue weighted by Crippen LogP contribution is -2.10. The molecule has 2 heterocycles. The summed E-state index contributed by atoms with van der Waals surface area (Å²) in [6, 6.07) is 15.5. The Labute approximate surface area is 168 Å². The smallest absolute Gasteiger partial charge is 0.163 e. The first kappa shape index (κ1) is 17.5. The molecule has 0 fully saturated rings. The van der Waals surface area contributed by atoms with Gasteiger partial charge in [0.2, 0.25) is 0 Å². The number of hydrogen-bond donors (Lipinski definition) is 0. The number of para-hydroxylation sites is 2. The molecule has 0 bridgehead atoms. The maximum absolute atomic E-state index is 5.48. The lowest BCUT2D eigenvalue weighted by molar-refractivity contribution is 0.880. The van der Waals surface area contributed by atoms with Gasteiger partial charge in [-0.15, -0.1) is 10.2 Å². The Morgan fingerprint density at radius 2 is 1.15 bits per heavy atom. The van der Waals surface area contributed by atoms with Gasteiger partial charge in [-0.1, -0.05) is 82.7 Å². The fourth-order valence-electron chi connectivity index (χ4n) is 2.39. The zero-order chi connectivity index (χ0) is 17.9. The first-order valence-corrected chi connectivity index (χ1v) is 10.5. The second-order valence-electron chi connectivity index (χ2n) is 5.21. The third kappa shape index (κ3) is 3.50. The number of hydrogen-bond acceptors (Lipinski definition) is 8. The van der Waals surface area contributed by atoms with Gasteiger partial charge in [-0.05, 0) is 24.3 Å². The van der Waals surface area contributed by atoms with Gasteiger partial charge >= 0.3 is 0 Å². The predicted octanol–water partition coefficient (Wildman–Crippen LogP) is 3.61. The molecule has 0 N–H and O–H groups in total. The number of aromatic nitrogens is 6. The Morgan fingerprint density at radius 1 is 0.731 bits per heavy atom. The number of rotatable bonds is 3. The van der Waals surface area contributed by atoms with Crippen LogP contribution < -0.4 is 0 Å². The molecule has 0 aliphatic heterocycles. The van der Waals surface area contributed by atoms with Gasteiger partial charge in [0.25, 0.3) is 0 Å². The van der Waals surface area contributed by atoms with E-state index in [4.69, 9.17) is 24.4 Å². The number of benzene rings is 2. The predicted molar refractivity (Wildman–Crippen MR) is 116 cm³/mol. The van der Waals surface area contributed by atoms with E-state index in [1.54, 1.807) is 32.9 Å². The Morgan fingerprint density at radius 3 is 1.62 bits per heavy atom. The first-order chi connectivity index (χ1) is 12.7. The third-order valence-electron chi connectivity index (χ3n) is 3.58. The molecule has 10 heteroatoms. The number of nitrogens with zero attached hydrogens (tertiary/aromatic N) is 6. The standard InChI is InChI=1S/C16H12N6S4/c23-15(21-13-7-3-1-5-11(13)17-19-21)25-9-10-26-16(24)22-14-8-4-2-6-12(14)18-20-22/h1-8H,9-10H2. The van der Waals surface area contributed by atoms with Crippen LogP contribution >= 0.6 is 48.0 Å². The van der Waals surface area contributed by atoms with Gasteiger partial charge in [0.15, 0.2) is 8.64 Å². The summed E-state index contributed by atoms with van der Waals surface area (Å²) in [5, 5.41) is 16.5. The molecular weight excluding hydrogens is 404 g/mol. The molecule has 2 aromatic carbocycles. The van der Waals surface area contributed by atoms with Gasteiger partial charge in [0.1, 0.15) is 11.0 Å². The van der Waals surface area contributed by atoms with Crippen LogP contribution in [0.15, 0.2) is 48.5 Å². The molecular formula is C16H12N6S4. The molecule has 0 atom stereocenters. The highest BCUT2D eigenvalue weighted by Gasteiger charge is 2.11. The fraction of sp³-hybridized carbons (Fsp3) is 0.125. The lowest BCUT2D eigenvalue weighted by atomic mass is 10.3. The molecule has 26 heavy (non-hydrogen) atoms. The summed E-state index contributed by atoms with van der Waals surface area (Å²) < 4.78 is 4.75. The Hall–Kier alpha value is -1.88. The zero-order valence-corrected chi connectivity index (χ0v) is 16.6. The van der Waals surface area contributed by atoms with Crippen LogP contribution in [-0.4, -0.2) is 50.1 Å². The van der Waals surface area contributed by atoms with Crippen LogP contribution in [0, 0.1) is 0 Å².